The molecule has 6 atom stereocenters. The Kier molecular flexibility index (Phi) is 45.5. The largest absolute Gasteiger partial charge is 0.479 e. The molecule has 0 amide bonds. The van der Waals surface area contributed by atoms with Crippen LogP contribution in [0.2, 0.25) is 0 Å². The normalized spacial score (nSPS) is 18.7. The molecule has 0 saturated carbocycles. The lowest BCUT2D eigenvalue weighted by Gasteiger charge is -2.40. The van der Waals surface area contributed by atoms with Crippen LogP contribution in [0.15, 0.2) is 60.8 Å². The summed E-state index contributed by atoms with van der Waals surface area (Å²) in [6, 6.07) is 0. The number of carbonyl (C=O) groups is 4. The molecular formula is C61H104O12. The highest BCUT2D eigenvalue weighted by molar-refractivity contribution is 5.74. The average Bonchev–Trinajstić information content (AvgIpc) is 3.37. The van der Waals surface area contributed by atoms with Gasteiger partial charge in [0.15, 0.2) is 24.6 Å². The molecule has 1 heterocycles. The van der Waals surface area contributed by atoms with Gasteiger partial charge in [-0.15, -0.1) is 0 Å². The van der Waals surface area contributed by atoms with E-state index in [0.29, 0.717) is 25.7 Å². The molecule has 12 nitrogen and oxygen atoms in total. The number of rotatable bonds is 49. The lowest BCUT2D eigenvalue weighted by molar-refractivity contribution is -0.301. The predicted octanol–water partition coefficient (Wildman–Crippen LogP) is 14.8. The summed E-state index contributed by atoms with van der Waals surface area (Å²) in [6.07, 6.45) is 47.8. The van der Waals surface area contributed by atoms with Gasteiger partial charge < -0.3 is 39.0 Å². The van der Waals surface area contributed by atoms with Crippen LogP contribution in [-0.2, 0) is 42.9 Å². The third kappa shape index (κ3) is 39.5. The summed E-state index contributed by atoms with van der Waals surface area (Å²) >= 11 is 0. The topological polar surface area (TPSA) is 175 Å². The quantitative estimate of drug-likeness (QED) is 0.0228. The molecule has 0 aromatic rings. The molecule has 1 fully saturated rings. The van der Waals surface area contributed by atoms with Crippen LogP contribution in [0.25, 0.3) is 0 Å². The predicted molar refractivity (Wildman–Crippen MR) is 294 cm³/mol. The van der Waals surface area contributed by atoms with Gasteiger partial charge in [0, 0.05) is 19.3 Å². The van der Waals surface area contributed by atoms with Crippen molar-refractivity contribution >= 4 is 23.9 Å². The van der Waals surface area contributed by atoms with Gasteiger partial charge in [-0.05, 0) is 70.6 Å². The van der Waals surface area contributed by atoms with Crippen LogP contribution in [0.1, 0.15) is 252 Å². The fraction of sp³-hybridized carbons (Fsp3) is 0.770. The molecule has 0 radical (unpaired) electrons. The number of ether oxygens (including phenoxy) is 5. The molecule has 420 valence electrons. The molecule has 73 heavy (non-hydrogen) atoms. The average molecular weight is 1030 g/mol. The van der Waals surface area contributed by atoms with Crippen LogP contribution in [-0.4, -0.2) is 89.2 Å². The van der Waals surface area contributed by atoms with E-state index in [4.69, 9.17) is 23.7 Å². The monoisotopic (exact) mass is 1030 g/mol. The minimum atomic E-state index is -1.91. The highest BCUT2D eigenvalue weighted by Gasteiger charge is 2.50. The summed E-state index contributed by atoms with van der Waals surface area (Å²) < 4.78 is 28.3. The number of hydrogen-bond acceptors (Lipinski definition) is 11. The molecule has 1 rings (SSSR count). The highest BCUT2D eigenvalue weighted by Crippen LogP contribution is 2.26. The zero-order valence-corrected chi connectivity index (χ0v) is 46.1. The Morgan fingerprint density at radius 1 is 0.466 bits per heavy atom. The summed E-state index contributed by atoms with van der Waals surface area (Å²) in [5, 5.41) is 31.4. The van der Waals surface area contributed by atoms with E-state index in [0.717, 1.165) is 77.0 Å². The lowest BCUT2D eigenvalue weighted by Crippen LogP contribution is -2.61. The van der Waals surface area contributed by atoms with Crippen LogP contribution in [0.4, 0.5) is 0 Å². The number of carboxylic acid groups (broad SMARTS) is 1. The third-order valence-electron chi connectivity index (χ3n) is 13.1. The maximum atomic E-state index is 13.1. The lowest BCUT2D eigenvalue weighted by atomic mass is 9.98. The van der Waals surface area contributed by atoms with Gasteiger partial charge in [0.25, 0.3) is 0 Å². The second-order valence-corrected chi connectivity index (χ2v) is 19.9. The molecular weight excluding hydrogens is 925 g/mol. The Balaban J connectivity index is 2.73. The van der Waals surface area contributed by atoms with E-state index in [9.17, 15) is 34.5 Å². The van der Waals surface area contributed by atoms with Gasteiger partial charge in [-0.1, -0.05) is 223 Å². The first kappa shape index (κ1) is 67.4. The molecule has 12 heteroatoms. The minimum absolute atomic E-state index is 0.0420. The molecule has 0 spiro atoms. The van der Waals surface area contributed by atoms with Crippen molar-refractivity contribution in [3.63, 3.8) is 0 Å². The van der Waals surface area contributed by atoms with Crippen LogP contribution in [0.5, 0.6) is 0 Å². The van der Waals surface area contributed by atoms with E-state index in [1.807, 2.05) is 12.2 Å². The summed E-state index contributed by atoms with van der Waals surface area (Å²) in [6.45, 7) is 5.81. The Hall–Kier alpha value is -3.58. The number of carbonyl (C=O) groups excluding carboxylic acids is 3. The van der Waals surface area contributed by atoms with Gasteiger partial charge in [-0.25, -0.2) is 4.79 Å². The zero-order valence-electron chi connectivity index (χ0n) is 46.1. The van der Waals surface area contributed by atoms with Gasteiger partial charge in [0.1, 0.15) is 18.8 Å². The molecule has 0 aromatic heterocycles. The Morgan fingerprint density at radius 2 is 0.890 bits per heavy atom. The van der Waals surface area contributed by atoms with Gasteiger partial charge in [-0.3, -0.25) is 14.4 Å². The van der Waals surface area contributed by atoms with E-state index >= 15 is 0 Å². The first-order valence-electron chi connectivity index (χ1n) is 29.3. The molecule has 1 aliphatic heterocycles. The van der Waals surface area contributed by atoms with Crippen molar-refractivity contribution in [1.29, 1.82) is 0 Å². The standard InChI is InChI=1S/C61H104O12/c1-4-7-10-13-16-19-22-25-27-30-32-35-38-41-44-47-53(62)69-50-52(71-54(63)48-45-42-39-36-33-29-24-21-18-15-12-9-6-3)51-70-61-59(57(66)56(65)58(73-61)60(67)68)72-55(64)49-46-43-40-37-34-31-28-26-23-20-17-14-11-8-5-2/h9,12,18,21,26,28-29,33,39,42,52,56-59,61,65-66H,4-8,10-11,13-17,19-20,22-25,27,30-32,34-38,40-41,43-51H2,1-3H3,(H,67,68)/b12-9-,21-18-,28-26-,33-29-,42-39-. The van der Waals surface area contributed by atoms with Crippen molar-refractivity contribution in [2.75, 3.05) is 13.2 Å². The summed E-state index contributed by atoms with van der Waals surface area (Å²) in [7, 11) is 0. The molecule has 1 aliphatic rings. The van der Waals surface area contributed by atoms with Gasteiger partial charge in [-0.2, -0.15) is 0 Å². The van der Waals surface area contributed by atoms with Gasteiger partial charge in [0.2, 0.25) is 0 Å². The van der Waals surface area contributed by atoms with Crippen LogP contribution < -0.4 is 0 Å². The molecule has 0 aliphatic carbocycles. The summed E-state index contributed by atoms with van der Waals surface area (Å²) in [5.74, 6) is -3.23. The van der Waals surface area contributed by atoms with Crippen molar-refractivity contribution in [3.8, 4) is 0 Å². The number of esters is 3. The Morgan fingerprint density at radius 3 is 1.37 bits per heavy atom. The van der Waals surface area contributed by atoms with Crippen LogP contribution in [0, 0.1) is 0 Å². The van der Waals surface area contributed by atoms with E-state index in [1.54, 1.807) is 0 Å². The van der Waals surface area contributed by atoms with Gasteiger partial charge >= 0.3 is 23.9 Å². The number of carboxylic acids is 1. The molecule has 6 unspecified atom stereocenters. The smallest absolute Gasteiger partial charge is 0.335 e. The number of aliphatic hydroxyl groups excluding tert-OH is 2. The fourth-order valence-corrected chi connectivity index (χ4v) is 8.61. The number of allylic oxidation sites excluding steroid dienone is 10. The zero-order chi connectivity index (χ0) is 53.3. The summed E-state index contributed by atoms with van der Waals surface area (Å²) in [4.78, 5) is 51.0. The maximum absolute atomic E-state index is 13.1. The van der Waals surface area contributed by atoms with E-state index < -0.39 is 67.3 Å². The molecule has 0 bridgehead atoms. The molecule has 1 saturated heterocycles. The maximum Gasteiger partial charge on any atom is 0.335 e. The molecule has 0 aromatic carbocycles. The fourth-order valence-electron chi connectivity index (χ4n) is 8.61. The Bertz CT molecular complexity index is 1500. The minimum Gasteiger partial charge on any atom is -0.479 e. The Labute approximate surface area is 443 Å². The number of aliphatic carboxylic acids is 1. The third-order valence-corrected chi connectivity index (χ3v) is 13.1. The van der Waals surface area contributed by atoms with Crippen molar-refractivity contribution in [3.05, 3.63) is 60.8 Å². The van der Waals surface area contributed by atoms with Crippen molar-refractivity contribution in [2.45, 2.75) is 289 Å². The molecule has 3 N–H and O–H groups in total. The SMILES string of the molecule is CC/C=C\C/C=C\C/C=C\C/C=C\CCC(=O)OC(COC(=O)CCCCCCCCCCCCCCCCC)COC1OC(C(=O)O)C(O)C(O)C1OC(=O)CCCCCCC/C=C\CCCCCCCC. The van der Waals surface area contributed by atoms with E-state index in [1.165, 1.54) is 109 Å². The van der Waals surface area contributed by atoms with Crippen molar-refractivity contribution in [1.82, 2.24) is 0 Å². The van der Waals surface area contributed by atoms with Crippen LogP contribution >= 0.6 is 0 Å². The van der Waals surface area contributed by atoms with E-state index in [-0.39, 0.29) is 25.9 Å². The first-order chi connectivity index (χ1) is 35.6. The number of aliphatic hydroxyl groups is 2. The van der Waals surface area contributed by atoms with Crippen LogP contribution in [0.3, 0.4) is 0 Å². The second-order valence-electron chi connectivity index (χ2n) is 19.9. The van der Waals surface area contributed by atoms with Crippen molar-refractivity contribution in [2.24, 2.45) is 0 Å². The second kappa shape index (κ2) is 49.3. The summed E-state index contributed by atoms with van der Waals surface area (Å²) in [5.41, 5.74) is 0. The highest BCUT2D eigenvalue weighted by atomic mass is 16.7. The van der Waals surface area contributed by atoms with E-state index in [2.05, 4.69) is 69.4 Å². The van der Waals surface area contributed by atoms with Crippen molar-refractivity contribution < 1.29 is 58.2 Å². The number of hydrogen-bond donors (Lipinski definition) is 3. The van der Waals surface area contributed by atoms with Gasteiger partial charge in [0.05, 0.1) is 6.61 Å². The first-order valence-corrected chi connectivity index (χ1v) is 29.3. The number of unbranched alkanes of at least 4 members (excludes halogenated alkanes) is 25.